The number of carbonyl (C=O) groups is 1. The van der Waals surface area contributed by atoms with Gasteiger partial charge in [0.15, 0.2) is 0 Å². The fraction of sp³-hybridized carbons (Fsp3) is 0.250. The van der Waals surface area contributed by atoms with Crippen LogP contribution in [0.1, 0.15) is 0 Å². The summed E-state index contributed by atoms with van der Waals surface area (Å²) in [6.45, 7) is 5.07. The maximum Gasteiger partial charge on any atom is 0.326 e. The Labute approximate surface area is 44.7 Å². The second-order valence-corrected chi connectivity index (χ2v) is 2.14. The van der Waals surface area contributed by atoms with Crippen LogP contribution in [0.3, 0.4) is 0 Å². The van der Waals surface area contributed by atoms with Gasteiger partial charge in [-0.25, -0.2) is 4.79 Å². The third kappa shape index (κ3) is 2.16. The quantitative estimate of drug-likeness (QED) is 0.415. The highest BCUT2D eigenvalue weighted by atomic mass is 28.2. The van der Waals surface area contributed by atoms with E-state index in [1.54, 1.807) is 6.55 Å². The number of hydrogen-bond acceptors (Lipinski definition) is 1. The molecule has 0 bridgehead atoms. The minimum atomic E-state index is -0.888. The van der Waals surface area contributed by atoms with Gasteiger partial charge in [-0.15, -0.1) is 0 Å². The molecule has 0 aliphatic rings. The van der Waals surface area contributed by atoms with Crippen molar-refractivity contribution in [2.45, 2.75) is 6.55 Å². The molecule has 0 aromatic heterocycles. The topological polar surface area (TPSA) is 37.3 Å². The van der Waals surface area contributed by atoms with Gasteiger partial charge < -0.3 is 5.11 Å². The van der Waals surface area contributed by atoms with E-state index in [0.29, 0.717) is 14.7 Å². The van der Waals surface area contributed by atoms with Crippen LogP contribution in [-0.4, -0.2) is 20.6 Å². The van der Waals surface area contributed by atoms with E-state index in [1.807, 2.05) is 0 Å². The van der Waals surface area contributed by atoms with Crippen LogP contribution in [0.25, 0.3) is 0 Å². The molecule has 3 heteroatoms. The predicted molar refractivity (Wildman–Crippen MR) is 28.4 cm³/mol. The number of aliphatic carboxylic acids is 1. The summed E-state index contributed by atoms with van der Waals surface area (Å²) in [7, 11) is 0.318. The van der Waals surface area contributed by atoms with Crippen molar-refractivity contribution in [1.82, 2.24) is 0 Å². The Hall–Kier alpha value is -0.573. The van der Waals surface area contributed by atoms with Crippen LogP contribution in [0.5, 0.6) is 0 Å². The van der Waals surface area contributed by atoms with Gasteiger partial charge in [0, 0.05) is 5.20 Å². The summed E-state index contributed by atoms with van der Waals surface area (Å²) >= 11 is 0. The van der Waals surface area contributed by atoms with Gasteiger partial charge in [-0.05, 0) is 0 Å². The lowest BCUT2D eigenvalue weighted by Gasteiger charge is -1.86. The van der Waals surface area contributed by atoms with Crippen LogP contribution in [0, 0.1) is 0 Å². The minimum absolute atomic E-state index is 0.292. The molecule has 0 atom stereocenters. The van der Waals surface area contributed by atoms with Crippen LogP contribution in [0.4, 0.5) is 0 Å². The lowest BCUT2D eigenvalue weighted by atomic mass is 10.7. The molecule has 0 aromatic rings. The zero-order chi connectivity index (χ0) is 5.86. The minimum Gasteiger partial charge on any atom is -0.478 e. The second kappa shape index (κ2) is 2.57. The van der Waals surface area contributed by atoms with Crippen molar-refractivity contribution in [2.75, 3.05) is 0 Å². The molecule has 0 aromatic carbocycles. The highest BCUT2D eigenvalue weighted by Crippen LogP contribution is 1.82. The molecule has 0 amide bonds. The molecule has 0 heterocycles. The molecule has 7 heavy (non-hydrogen) atoms. The summed E-state index contributed by atoms with van der Waals surface area (Å²) < 4.78 is 0. The van der Waals surface area contributed by atoms with E-state index in [9.17, 15) is 4.79 Å². The van der Waals surface area contributed by atoms with E-state index in [2.05, 4.69) is 6.58 Å². The van der Waals surface area contributed by atoms with Gasteiger partial charge in [-0.2, -0.15) is 0 Å². The fourth-order valence-electron chi connectivity index (χ4n) is 0.107. The van der Waals surface area contributed by atoms with E-state index < -0.39 is 5.97 Å². The van der Waals surface area contributed by atoms with Gasteiger partial charge in [-0.1, -0.05) is 13.1 Å². The maximum atomic E-state index is 9.84. The molecule has 1 N–H and O–H groups in total. The molecule has 0 rings (SSSR count). The van der Waals surface area contributed by atoms with Crippen molar-refractivity contribution in [3.8, 4) is 0 Å². The highest BCUT2D eigenvalue weighted by Gasteiger charge is 1.97. The Balaban J connectivity index is 3.58. The van der Waals surface area contributed by atoms with Crippen LogP contribution >= 0.6 is 0 Å². The van der Waals surface area contributed by atoms with Crippen molar-refractivity contribution < 1.29 is 9.90 Å². The van der Waals surface area contributed by atoms with Crippen molar-refractivity contribution in [2.24, 2.45) is 0 Å². The van der Waals surface area contributed by atoms with Gasteiger partial charge in [0.2, 0.25) is 0 Å². The molecule has 0 aliphatic carbocycles. The lowest BCUT2D eigenvalue weighted by Crippen LogP contribution is -2.02. The number of hydrogen-bond donors (Lipinski definition) is 1. The molecular weight excluding hydrogens is 108 g/mol. The first-order valence-electron chi connectivity index (χ1n) is 1.78. The van der Waals surface area contributed by atoms with Gasteiger partial charge in [0.25, 0.3) is 0 Å². The number of carboxylic acids is 1. The van der Waals surface area contributed by atoms with E-state index >= 15 is 0 Å². The summed E-state index contributed by atoms with van der Waals surface area (Å²) in [5.74, 6) is -0.888. The first-order chi connectivity index (χ1) is 3.18. The molecular formula is C4H6O2Si. The van der Waals surface area contributed by atoms with Crippen LogP contribution in [-0.2, 0) is 4.79 Å². The third-order valence-corrected chi connectivity index (χ3v) is 1.38. The Bertz CT molecular complexity index is 97.9. The molecule has 2 nitrogen and oxygen atoms in total. The first-order valence-corrected chi connectivity index (χ1v) is 3.28. The fourth-order valence-corrected chi connectivity index (χ4v) is 0.321. The van der Waals surface area contributed by atoms with E-state index in [4.69, 9.17) is 5.11 Å². The van der Waals surface area contributed by atoms with E-state index in [1.165, 1.54) is 0 Å². The zero-order valence-corrected chi connectivity index (χ0v) is 5.06. The maximum absolute atomic E-state index is 9.84. The third-order valence-electron chi connectivity index (χ3n) is 0.560. The van der Waals surface area contributed by atoms with Gasteiger partial charge in [0.1, 0.15) is 0 Å². The molecule has 0 saturated carbocycles. The average molecular weight is 114 g/mol. The molecule has 0 fully saturated rings. The van der Waals surface area contributed by atoms with E-state index in [-0.39, 0.29) is 0 Å². The van der Waals surface area contributed by atoms with Gasteiger partial charge in [-0.3, -0.25) is 0 Å². The van der Waals surface area contributed by atoms with Crippen molar-refractivity contribution in [3.05, 3.63) is 11.8 Å². The summed E-state index contributed by atoms with van der Waals surface area (Å²) in [4.78, 5) is 9.84. The molecule has 2 radical (unpaired) electrons. The Morgan fingerprint density at radius 3 is 2.29 bits per heavy atom. The summed E-state index contributed by atoms with van der Waals surface area (Å²) in [6.07, 6.45) is 0. The predicted octanol–water partition coefficient (Wildman–Crippen LogP) is 0.337. The standard InChI is InChI=1S/C4H6O2Si/c1-3(7-2)4(5)6/h1H2,2H3,(H,5,6). The van der Waals surface area contributed by atoms with Gasteiger partial charge >= 0.3 is 5.97 Å². The molecule has 0 saturated heterocycles. The van der Waals surface area contributed by atoms with Crippen LogP contribution in [0.15, 0.2) is 11.8 Å². The number of rotatable bonds is 2. The average Bonchev–Trinajstić information content (AvgIpc) is 1.65. The smallest absolute Gasteiger partial charge is 0.326 e. The summed E-state index contributed by atoms with van der Waals surface area (Å²) in [5, 5.41) is 8.38. The highest BCUT2D eigenvalue weighted by molar-refractivity contribution is 6.51. The largest absolute Gasteiger partial charge is 0.478 e. The van der Waals surface area contributed by atoms with Crippen molar-refractivity contribution >= 4 is 15.5 Å². The summed E-state index contributed by atoms with van der Waals surface area (Å²) in [5.41, 5.74) is 0. The Kier molecular flexibility index (Phi) is 2.36. The monoisotopic (exact) mass is 114 g/mol. The SMILES string of the molecule is C=C([Si]C)C(=O)O. The zero-order valence-electron chi connectivity index (χ0n) is 4.06. The van der Waals surface area contributed by atoms with Gasteiger partial charge in [0.05, 0.1) is 9.52 Å². The van der Waals surface area contributed by atoms with Crippen molar-refractivity contribution in [3.63, 3.8) is 0 Å². The Morgan fingerprint density at radius 1 is 1.86 bits per heavy atom. The molecule has 0 aliphatic heterocycles. The number of carboxylic acid groups (broad SMARTS) is 1. The lowest BCUT2D eigenvalue weighted by molar-refractivity contribution is -0.131. The van der Waals surface area contributed by atoms with Crippen LogP contribution < -0.4 is 0 Å². The van der Waals surface area contributed by atoms with Crippen LogP contribution in [0.2, 0.25) is 6.55 Å². The summed E-state index contributed by atoms with van der Waals surface area (Å²) in [6, 6.07) is 0. The Morgan fingerprint density at radius 2 is 2.29 bits per heavy atom. The molecule has 0 spiro atoms. The van der Waals surface area contributed by atoms with Crippen molar-refractivity contribution in [1.29, 1.82) is 0 Å². The first kappa shape index (κ1) is 6.43. The molecule has 0 unspecified atom stereocenters. The van der Waals surface area contributed by atoms with E-state index in [0.717, 1.165) is 0 Å². The second-order valence-electron chi connectivity index (χ2n) is 1.03. The normalized spacial score (nSPS) is 8.14. The molecule has 38 valence electrons.